The molecule has 0 aliphatic carbocycles. The van der Waals surface area contributed by atoms with Gasteiger partial charge in [0.1, 0.15) is 10.8 Å². The topological polar surface area (TPSA) is 88.6 Å². The number of amides is 1. The highest BCUT2D eigenvalue weighted by Gasteiger charge is 2.32. The fourth-order valence-corrected chi connectivity index (χ4v) is 4.94. The van der Waals surface area contributed by atoms with Crippen LogP contribution in [0.3, 0.4) is 0 Å². The van der Waals surface area contributed by atoms with Crippen molar-refractivity contribution in [3.63, 3.8) is 0 Å². The van der Waals surface area contributed by atoms with E-state index in [0.29, 0.717) is 44.7 Å². The smallest absolute Gasteiger partial charge is 0.417 e. The minimum absolute atomic E-state index is 0.0553. The van der Waals surface area contributed by atoms with Gasteiger partial charge < -0.3 is 10.1 Å². The molecule has 0 bridgehead atoms. The van der Waals surface area contributed by atoms with Crippen molar-refractivity contribution in [3.8, 4) is 11.6 Å². The molecule has 33 heavy (non-hydrogen) atoms. The molecule has 1 aliphatic heterocycles. The monoisotopic (exact) mass is 503 g/mol. The molecule has 1 fully saturated rings. The molecular formula is C21H21ClF3N3O4S. The molecule has 7 nitrogen and oxygen atoms in total. The van der Waals surface area contributed by atoms with Crippen LogP contribution in [0.15, 0.2) is 54.1 Å². The zero-order valence-electron chi connectivity index (χ0n) is 17.3. The van der Waals surface area contributed by atoms with Crippen molar-refractivity contribution >= 4 is 27.5 Å². The zero-order chi connectivity index (χ0) is 24.2. The Morgan fingerprint density at radius 2 is 1.91 bits per heavy atom. The molecule has 0 spiro atoms. The normalized spacial score (nSPS) is 15.8. The summed E-state index contributed by atoms with van der Waals surface area (Å²) in [7, 11) is -3.73. The first-order valence-corrected chi connectivity index (χ1v) is 11.7. The van der Waals surface area contributed by atoms with Crippen molar-refractivity contribution < 1.29 is 31.1 Å². The number of sulfonamides is 1. The molecule has 0 unspecified atom stereocenters. The average Bonchev–Trinajstić information content (AvgIpc) is 2.78. The highest BCUT2D eigenvalue weighted by Crippen LogP contribution is 2.35. The number of nitrogens with zero attached hydrogens (tertiary/aromatic N) is 2. The Labute approximate surface area is 194 Å². The van der Waals surface area contributed by atoms with Gasteiger partial charge in [-0.05, 0) is 55.2 Å². The van der Waals surface area contributed by atoms with Crippen molar-refractivity contribution in [1.82, 2.24) is 14.6 Å². The van der Waals surface area contributed by atoms with Gasteiger partial charge in [-0.25, -0.2) is 13.4 Å². The lowest BCUT2D eigenvalue weighted by Gasteiger charge is -2.31. The first-order chi connectivity index (χ1) is 15.5. The fourth-order valence-electron chi connectivity index (χ4n) is 3.27. The molecular weight excluding hydrogens is 483 g/mol. The summed E-state index contributed by atoms with van der Waals surface area (Å²) in [6.07, 6.45) is -1.58. The molecule has 0 atom stereocenters. The molecule has 12 heteroatoms. The van der Waals surface area contributed by atoms with Gasteiger partial charge in [0.25, 0.3) is 0 Å². The molecule has 1 amide bonds. The lowest BCUT2D eigenvalue weighted by Crippen LogP contribution is -2.41. The number of alkyl halides is 3. The van der Waals surface area contributed by atoms with Crippen molar-refractivity contribution in [1.29, 1.82) is 0 Å². The summed E-state index contributed by atoms with van der Waals surface area (Å²) in [6.45, 7) is 4.49. The second-order valence-electron chi connectivity index (χ2n) is 7.38. The summed E-state index contributed by atoms with van der Waals surface area (Å²) in [5.74, 6) is -0.150. The van der Waals surface area contributed by atoms with Gasteiger partial charge in [-0.2, -0.15) is 17.5 Å². The van der Waals surface area contributed by atoms with Crippen molar-refractivity contribution in [2.75, 3.05) is 19.6 Å². The molecule has 3 rings (SSSR count). The van der Waals surface area contributed by atoms with Crippen LogP contribution >= 0.6 is 11.6 Å². The molecule has 178 valence electrons. The van der Waals surface area contributed by atoms with Gasteiger partial charge in [-0.15, -0.1) is 0 Å². The second kappa shape index (κ2) is 10.1. The number of pyridine rings is 1. The van der Waals surface area contributed by atoms with E-state index in [4.69, 9.17) is 16.3 Å². The van der Waals surface area contributed by atoms with E-state index in [9.17, 15) is 26.4 Å². The standard InChI is InChI=1S/C21H21ClF3N3O4S/c1-2-19(29)26-12-14-7-9-28(10-8-14)33(30,31)17-5-3-16(4-6-17)32-20-18(22)11-15(13-27-20)21(23,24)25/h2-6,11,13-14H,1,7-10,12H2,(H,26,29). The van der Waals surface area contributed by atoms with Crippen molar-refractivity contribution in [3.05, 3.63) is 59.8 Å². The van der Waals surface area contributed by atoms with Crippen LogP contribution in [0, 0.1) is 5.92 Å². The van der Waals surface area contributed by atoms with E-state index in [1.54, 1.807) is 0 Å². The number of piperidine rings is 1. The van der Waals surface area contributed by atoms with Gasteiger partial charge in [0.15, 0.2) is 0 Å². The summed E-state index contributed by atoms with van der Waals surface area (Å²) in [4.78, 5) is 14.9. The van der Waals surface area contributed by atoms with E-state index in [0.717, 1.165) is 0 Å². The van der Waals surface area contributed by atoms with Gasteiger partial charge >= 0.3 is 6.18 Å². The number of aromatic nitrogens is 1. The van der Waals surface area contributed by atoms with E-state index in [1.165, 1.54) is 34.6 Å². The van der Waals surface area contributed by atoms with Crippen LogP contribution in [-0.2, 0) is 21.0 Å². The van der Waals surface area contributed by atoms with Crippen LogP contribution in [0.4, 0.5) is 13.2 Å². The average molecular weight is 504 g/mol. The lowest BCUT2D eigenvalue weighted by molar-refractivity contribution is -0.137. The van der Waals surface area contributed by atoms with Gasteiger partial charge in [0.2, 0.25) is 21.8 Å². The number of benzene rings is 1. The molecule has 1 aromatic carbocycles. The highest BCUT2D eigenvalue weighted by atomic mass is 35.5. The van der Waals surface area contributed by atoms with Crippen LogP contribution in [0.1, 0.15) is 18.4 Å². The number of hydrogen-bond donors (Lipinski definition) is 1. The minimum atomic E-state index is -4.58. The quantitative estimate of drug-likeness (QED) is 0.571. The lowest BCUT2D eigenvalue weighted by atomic mass is 9.98. The highest BCUT2D eigenvalue weighted by molar-refractivity contribution is 7.89. The fraction of sp³-hybridized carbons (Fsp3) is 0.333. The maximum Gasteiger partial charge on any atom is 0.417 e. The Morgan fingerprint density at radius 3 is 2.45 bits per heavy atom. The largest absolute Gasteiger partial charge is 0.438 e. The Kier molecular flexibility index (Phi) is 7.65. The summed E-state index contributed by atoms with van der Waals surface area (Å²) in [5, 5.41) is 2.39. The Balaban J connectivity index is 1.63. The molecule has 2 aromatic rings. The summed E-state index contributed by atoms with van der Waals surface area (Å²) in [5.41, 5.74) is -1.01. The van der Waals surface area contributed by atoms with E-state index in [1.807, 2.05) is 0 Å². The number of carbonyl (C=O) groups excluding carboxylic acids is 1. The summed E-state index contributed by atoms with van der Waals surface area (Å²) in [6, 6.07) is 6.15. The minimum Gasteiger partial charge on any atom is -0.438 e. The third-order valence-electron chi connectivity index (χ3n) is 5.13. The van der Waals surface area contributed by atoms with Crippen molar-refractivity contribution in [2.45, 2.75) is 23.9 Å². The zero-order valence-corrected chi connectivity index (χ0v) is 18.9. The van der Waals surface area contributed by atoms with Gasteiger partial charge in [-0.3, -0.25) is 4.79 Å². The van der Waals surface area contributed by atoms with Crippen LogP contribution < -0.4 is 10.1 Å². The van der Waals surface area contributed by atoms with E-state index < -0.39 is 21.8 Å². The Morgan fingerprint density at radius 1 is 1.27 bits per heavy atom. The third kappa shape index (κ3) is 6.24. The predicted molar refractivity (Wildman–Crippen MR) is 115 cm³/mol. The first kappa shape index (κ1) is 25.0. The second-order valence-corrected chi connectivity index (χ2v) is 9.72. The SMILES string of the molecule is C=CC(=O)NCC1CCN(S(=O)(=O)c2ccc(Oc3ncc(C(F)(F)F)cc3Cl)cc2)CC1. The maximum absolute atomic E-state index is 12.9. The maximum atomic E-state index is 12.9. The Hall–Kier alpha value is -2.63. The summed E-state index contributed by atoms with van der Waals surface area (Å²) < 4.78 is 70.8. The number of hydrogen-bond acceptors (Lipinski definition) is 5. The molecule has 1 aromatic heterocycles. The molecule has 1 aliphatic rings. The van der Waals surface area contributed by atoms with Crippen molar-refractivity contribution in [2.24, 2.45) is 5.92 Å². The third-order valence-corrected chi connectivity index (χ3v) is 7.32. The predicted octanol–water partition coefficient (Wildman–Crippen LogP) is 4.25. The molecule has 0 saturated carbocycles. The summed E-state index contributed by atoms with van der Waals surface area (Å²) >= 11 is 5.83. The van der Waals surface area contributed by atoms with Crippen LogP contribution in [0.2, 0.25) is 5.02 Å². The number of nitrogens with one attached hydrogen (secondary N) is 1. The first-order valence-electron chi connectivity index (χ1n) is 9.92. The molecule has 1 saturated heterocycles. The number of carbonyl (C=O) groups is 1. The number of ether oxygens (including phenoxy) is 1. The van der Waals surface area contributed by atoms with Gasteiger partial charge in [0.05, 0.1) is 10.5 Å². The van der Waals surface area contributed by atoms with E-state index in [2.05, 4.69) is 16.9 Å². The number of halogens is 4. The molecule has 0 radical (unpaired) electrons. The van der Waals surface area contributed by atoms with E-state index in [-0.39, 0.29) is 33.4 Å². The van der Waals surface area contributed by atoms with Gasteiger partial charge in [-0.1, -0.05) is 18.2 Å². The molecule has 2 heterocycles. The Bertz CT molecular complexity index is 1120. The number of rotatable bonds is 7. The van der Waals surface area contributed by atoms with Crippen LogP contribution in [0.5, 0.6) is 11.6 Å². The van der Waals surface area contributed by atoms with Gasteiger partial charge in [0, 0.05) is 25.8 Å². The molecule has 1 N–H and O–H groups in total. The van der Waals surface area contributed by atoms with Crippen LogP contribution in [-0.4, -0.2) is 43.2 Å². The van der Waals surface area contributed by atoms with Crippen LogP contribution in [0.25, 0.3) is 0 Å². The van der Waals surface area contributed by atoms with E-state index >= 15 is 0 Å².